The van der Waals surface area contributed by atoms with Crippen LogP contribution in [0.3, 0.4) is 0 Å². The van der Waals surface area contributed by atoms with Crippen LogP contribution in [0.1, 0.15) is 5.56 Å². The summed E-state index contributed by atoms with van der Waals surface area (Å²) < 4.78 is 0.967. The van der Waals surface area contributed by atoms with Crippen molar-refractivity contribution in [3.8, 4) is 5.75 Å². The van der Waals surface area contributed by atoms with E-state index < -0.39 is 21.9 Å². The van der Waals surface area contributed by atoms with E-state index >= 15 is 0 Å². The van der Waals surface area contributed by atoms with Crippen LogP contribution in [0.15, 0.2) is 52.6 Å². The van der Waals surface area contributed by atoms with E-state index in [4.69, 9.17) is 11.6 Å². The molecule has 0 spiro atoms. The molecule has 8 nitrogen and oxygen atoms in total. The van der Waals surface area contributed by atoms with Crippen LogP contribution in [0.5, 0.6) is 5.75 Å². The Hall–Kier alpha value is -3.26. The molecule has 0 saturated carbocycles. The molecule has 1 N–H and O–H groups in total. The van der Waals surface area contributed by atoms with Gasteiger partial charge in [-0.25, -0.2) is 4.98 Å². The number of aromatic hydroxyl groups is 1. The minimum atomic E-state index is -0.762. The molecule has 0 aliphatic rings. The number of nitro groups is 1. The van der Waals surface area contributed by atoms with Crippen LogP contribution in [-0.2, 0) is 0 Å². The highest BCUT2D eigenvalue weighted by atomic mass is 35.5. The second-order valence-corrected chi connectivity index (χ2v) is 5.21. The van der Waals surface area contributed by atoms with E-state index in [2.05, 4.69) is 10.1 Å². The number of nitrogens with zero attached hydrogens (tertiary/aromatic N) is 4. The number of rotatable bonds is 3. The maximum atomic E-state index is 12.3. The molecule has 1 aromatic heterocycles. The maximum Gasteiger partial charge on any atom is 0.312 e. The lowest BCUT2D eigenvalue weighted by Crippen LogP contribution is -2.17. The normalized spacial score (nSPS) is 11.2. The quantitative estimate of drug-likeness (QED) is 0.446. The SMILES string of the molecule is O=c1c2ccccc2ncn1/N=C/c1cc(Cl)cc([N+](=O)[O-])c1O. The molecule has 3 rings (SSSR count). The number of aromatic nitrogens is 2. The largest absolute Gasteiger partial charge is 0.502 e. The number of fused-ring (bicyclic) bond motifs is 1. The number of phenolic OH excluding ortho intramolecular Hbond substituents is 1. The average Bonchev–Trinajstić information content (AvgIpc) is 2.56. The van der Waals surface area contributed by atoms with Gasteiger partial charge in [0.1, 0.15) is 6.33 Å². The molecular formula is C15H9ClN4O4. The minimum absolute atomic E-state index is 0.00857. The summed E-state index contributed by atoms with van der Waals surface area (Å²) in [4.78, 5) is 26.5. The van der Waals surface area contributed by atoms with Gasteiger partial charge in [0.05, 0.1) is 22.0 Å². The Morgan fingerprint density at radius 1 is 1.33 bits per heavy atom. The molecule has 0 fully saturated rings. The Morgan fingerprint density at radius 2 is 2.08 bits per heavy atom. The Bertz CT molecular complexity index is 1050. The molecule has 0 atom stereocenters. The molecule has 24 heavy (non-hydrogen) atoms. The number of para-hydroxylation sites is 1. The van der Waals surface area contributed by atoms with Gasteiger partial charge in [0.15, 0.2) is 0 Å². The Balaban J connectivity index is 2.08. The van der Waals surface area contributed by atoms with E-state index in [1.807, 2.05) is 0 Å². The molecule has 0 saturated heterocycles. The fourth-order valence-corrected chi connectivity index (χ4v) is 2.33. The topological polar surface area (TPSA) is 111 Å². The summed E-state index contributed by atoms with van der Waals surface area (Å²) in [6.07, 6.45) is 2.32. The van der Waals surface area contributed by atoms with Crippen LogP contribution in [-0.4, -0.2) is 25.9 Å². The summed E-state index contributed by atoms with van der Waals surface area (Å²) in [5.41, 5.74) is -0.426. The van der Waals surface area contributed by atoms with Crippen LogP contribution in [0.4, 0.5) is 5.69 Å². The molecule has 0 radical (unpaired) electrons. The summed E-state index contributed by atoms with van der Waals surface area (Å²) in [6, 6.07) is 9.08. The molecule has 0 amide bonds. The molecule has 120 valence electrons. The third-order valence-corrected chi connectivity index (χ3v) is 3.47. The number of hydrogen-bond donors (Lipinski definition) is 1. The van der Waals surface area contributed by atoms with E-state index in [-0.39, 0.29) is 10.6 Å². The summed E-state index contributed by atoms with van der Waals surface area (Å²) in [7, 11) is 0. The van der Waals surface area contributed by atoms with Crippen molar-refractivity contribution in [1.82, 2.24) is 9.66 Å². The van der Waals surface area contributed by atoms with Gasteiger partial charge in [0.2, 0.25) is 5.75 Å². The first-order chi connectivity index (χ1) is 11.5. The molecule has 9 heteroatoms. The predicted molar refractivity (Wildman–Crippen MR) is 88.8 cm³/mol. The fourth-order valence-electron chi connectivity index (χ4n) is 2.11. The van der Waals surface area contributed by atoms with Crippen molar-refractivity contribution >= 4 is 34.4 Å². The zero-order valence-electron chi connectivity index (χ0n) is 12.0. The lowest BCUT2D eigenvalue weighted by molar-refractivity contribution is -0.385. The van der Waals surface area contributed by atoms with Gasteiger partial charge in [0.25, 0.3) is 5.56 Å². The second-order valence-electron chi connectivity index (χ2n) is 4.78. The van der Waals surface area contributed by atoms with Crippen molar-refractivity contribution < 1.29 is 10.0 Å². The molecule has 1 heterocycles. The van der Waals surface area contributed by atoms with Crippen molar-refractivity contribution in [3.63, 3.8) is 0 Å². The summed E-state index contributed by atoms with van der Waals surface area (Å²) >= 11 is 5.80. The summed E-state index contributed by atoms with van der Waals surface area (Å²) in [5.74, 6) is -0.588. The van der Waals surface area contributed by atoms with Gasteiger partial charge in [-0.05, 0) is 18.2 Å². The average molecular weight is 345 g/mol. The first-order valence-corrected chi connectivity index (χ1v) is 7.03. The number of benzene rings is 2. The van der Waals surface area contributed by atoms with E-state index in [0.717, 1.165) is 17.0 Å². The number of hydrogen-bond acceptors (Lipinski definition) is 6. The zero-order chi connectivity index (χ0) is 17.3. The molecular weight excluding hydrogens is 336 g/mol. The van der Waals surface area contributed by atoms with Crippen molar-refractivity contribution in [2.75, 3.05) is 0 Å². The minimum Gasteiger partial charge on any atom is -0.502 e. The van der Waals surface area contributed by atoms with Gasteiger partial charge in [-0.2, -0.15) is 9.78 Å². The highest BCUT2D eigenvalue weighted by Gasteiger charge is 2.17. The predicted octanol–water partition coefficient (Wildman–Crippen LogP) is 2.55. The van der Waals surface area contributed by atoms with Crippen LogP contribution in [0.2, 0.25) is 5.02 Å². The molecule has 0 unspecified atom stereocenters. The first-order valence-electron chi connectivity index (χ1n) is 6.65. The Kier molecular flexibility index (Phi) is 3.97. The van der Waals surface area contributed by atoms with Gasteiger partial charge in [-0.1, -0.05) is 23.7 Å². The van der Waals surface area contributed by atoms with E-state index in [9.17, 15) is 20.0 Å². The van der Waals surface area contributed by atoms with Crippen molar-refractivity contribution in [2.24, 2.45) is 5.10 Å². The van der Waals surface area contributed by atoms with E-state index in [1.54, 1.807) is 24.3 Å². The van der Waals surface area contributed by atoms with Gasteiger partial charge < -0.3 is 5.11 Å². The number of halogens is 1. The third-order valence-electron chi connectivity index (χ3n) is 3.25. The number of nitro benzene ring substituents is 1. The third kappa shape index (κ3) is 2.82. The molecule has 0 aliphatic heterocycles. The lowest BCUT2D eigenvalue weighted by Gasteiger charge is -2.03. The van der Waals surface area contributed by atoms with Gasteiger partial charge in [-0.15, -0.1) is 0 Å². The maximum absolute atomic E-state index is 12.3. The zero-order valence-corrected chi connectivity index (χ0v) is 12.7. The van der Waals surface area contributed by atoms with Crippen LogP contribution in [0.25, 0.3) is 10.9 Å². The summed E-state index contributed by atoms with van der Waals surface area (Å²) in [6.45, 7) is 0. The smallest absolute Gasteiger partial charge is 0.312 e. The highest BCUT2D eigenvalue weighted by molar-refractivity contribution is 6.31. The van der Waals surface area contributed by atoms with E-state index in [0.29, 0.717) is 10.9 Å². The van der Waals surface area contributed by atoms with Gasteiger partial charge in [0, 0.05) is 16.7 Å². The second kappa shape index (κ2) is 6.09. The van der Waals surface area contributed by atoms with Gasteiger partial charge >= 0.3 is 5.69 Å². The molecule has 0 aliphatic carbocycles. The number of phenols is 1. The van der Waals surface area contributed by atoms with Crippen LogP contribution >= 0.6 is 11.6 Å². The standard InChI is InChI=1S/C15H9ClN4O4/c16-10-5-9(14(21)13(6-10)20(23)24)7-18-19-8-17-12-4-2-1-3-11(12)15(19)22/h1-8,21H/b18-7+. The van der Waals surface area contributed by atoms with Crippen molar-refractivity contribution in [2.45, 2.75) is 0 Å². The molecule has 2 aromatic carbocycles. The van der Waals surface area contributed by atoms with E-state index in [1.165, 1.54) is 12.4 Å². The van der Waals surface area contributed by atoms with Gasteiger partial charge in [-0.3, -0.25) is 14.9 Å². The summed E-state index contributed by atoms with van der Waals surface area (Å²) in [5, 5.41) is 25.1. The Morgan fingerprint density at radius 3 is 2.83 bits per heavy atom. The molecule has 0 bridgehead atoms. The van der Waals surface area contributed by atoms with Crippen LogP contribution in [0, 0.1) is 10.1 Å². The first kappa shape index (κ1) is 15.6. The highest BCUT2D eigenvalue weighted by Crippen LogP contribution is 2.32. The fraction of sp³-hybridized carbons (Fsp3) is 0. The Labute approximate surface area is 139 Å². The van der Waals surface area contributed by atoms with Crippen LogP contribution < -0.4 is 5.56 Å². The molecule has 3 aromatic rings. The van der Waals surface area contributed by atoms with Crippen molar-refractivity contribution in [3.05, 3.63) is 73.8 Å². The lowest BCUT2D eigenvalue weighted by atomic mass is 10.2. The van der Waals surface area contributed by atoms with Crippen molar-refractivity contribution in [1.29, 1.82) is 0 Å². The monoisotopic (exact) mass is 344 g/mol.